The van der Waals surface area contributed by atoms with Gasteiger partial charge in [0.1, 0.15) is 0 Å². The highest BCUT2D eigenvalue weighted by molar-refractivity contribution is 6.07. The number of ketones is 1. The van der Waals surface area contributed by atoms with Crippen LogP contribution in [0.25, 0.3) is 0 Å². The smallest absolute Gasteiger partial charge is 0.257 e. The highest BCUT2D eigenvalue weighted by Crippen LogP contribution is 2.67. The minimum atomic E-state index is -1.37. The van der Waals surface area contributed by atoms with E-state index in [1.54, 1.807) is 20.8 Å². The Hall–Kier alpha value is -0.750. The van der Waals surface area contributed by atoms with E-state index in [1.165, 1.54) is 0 Å². The van der Waals surface area contributed by atoms with E-state index in [9.17, 15) is 10.1 Å². The van der Waals surface area contributed by atoms with Gasteiger partial charge in [-0.05, 0) is 58.6 Å². The van der Waals surface area contributed by atoms with E-state index >= 15 is 0 Å². The average molecular weight is 268 g/mol. The third kappa shape index (κ3) is 1.22. The highest BCUT2D eigenvalue weighted by Gasteiger charge is 2.86. The third-order valence-corrected chi connectivity index (χ3v) is 5.10. The fourth-order valence-corrected chi connectivity index (χ4v) is 3.70. The van der Waals surface area contributed by atoms with Crippen molar-refractivity contribution in [2.24, 2.45) is 0 Å². The summed E-state index contributed by atoms with van der Waals surface area (Å²) in [6.07, 6.45) is 1.36. The molecular weight excluding hydrogens is 248 g/mol. The first-order valence-corrected chi connectivity index (χ1v) is 6.61. The summed E-state index contributed by atoms with van der Waals surface area (Å²) in [5, 5.41) is 9.54. The molecule has 2 fully saturated rings. The molecule has 0 radical (unpaired) electrons. The summed E-state index contributed by atoms with van der Waals surface area (Å²) in [7, 11) is 0. The van der Waals surface area contributed by atoms with Gasteiger partial charge in [0.2, 0.25) is 0 Å². The lowest BCUT2D eigenvalue weighted by molar-refractivity contribution is -0.436. The SMILES string of the molecule is CC1=C(C)C2(OO)OC(C)(C)CCC23OC3(C)C1=O. The van der Waals surface area contributed by atoms with Crippen molar-refractivity contribution in [2.45, 2.75) is 70.1 Å². The first-order valence-electron chi connectivity index (χ1n) is 6.61. The molecule has 106 valence electrons. The number of rotatable bonds is 1. The average Bonchev–Trinajstić information content (AvgIpc) is 2.98. The van der Waals surface area contributed by atoms with Gasteiger partial charge in [0.05, 0.1) is 5.60 Å². The molecule has 0 aromatic heterocycles. The van der Waals surface area contributed by atoms with Crippen LogP contribution in [-0.4, -0.2) is 33.6 Å². The van der Waals surface area contributed by atoms with Gasteiger partial charge in [-0.15, -0.1) is 0 Å². The minimum Gasteiger partial charge on any atom is -0.348 e. The molecule has 5 nitrogen and oxygen atoms in total. The van der Waals surface area contributed by atoms with E-state index in [4.69, 9.17) is 14.4 Å². The molecule has 2 saturated heterocycles. The van der Waals surface area contributed by atoms with Gasteiger partial charge in [-0.3, -0.25) is 4.79 Å². The van der Waals surface area contributed by atoms with Crippen LogP contribution in [0.2, 0.25) is 0 Å². The number of carbonyl (C=O) groups is 1. The van der Waals surface area contributed by atoms with E-state index in [0.717, 1.165) is 6.42 Å². The third-order valence-electron chi connectivity index (χ3n) is 5.10. The van der Waals surface area contributed by atoms with Crippen LogP contribution in [0.1, 0.15) is 47.5 Å². The topological polar surface area (TPSA) is 68.3 Å². The molecule has 19 heavy (non-hydrogen) atoms. The van der Waals surface area contributed by atoms with E-state index in [-0.39, 0.29) is 5.78 Å². The lowest BCUT2D eigenvalue weighted by Gasteiger charge is -2.49. The second-order valence-corrected chi connectivity index (χ2v) is 6.61. The molecule has 0 aromatic carbocycles. The molecule has 5 heteroatoms. The van der Waals surface area contributed by atoms with E-state index in [0.29, 0.717) is 17.6 Å². The molecular formula is C14H20O5. The van der Waals surface area contributed by atoms with Crippen LogP contribution in [0, 0.1) is 0 Å². The van der Waals surface area contributed by atoms with Crippen molar-refractivity contribution in [3.63, 3.8) is 0 Å². The van der Waals surface area contributed by atoms with Gasteiger partial charge in [0.25, 0.3) is 5.79 Å². The van der Waals surface area contributed by atoms with Crippen molar-refractivity contribution in [1.82, 2.24) is 0 Å². The molecule has 2 aliphatic heterocycles. The molecule has 0 bridgehead atoms. The Morgan fingerprint density at radius 2 is 1.79 bits per heavy atom. The van der Waals surface area contributed by atoms with Crippen molar-refractivity contribution in [2.75, 3.05) is 0 Å². The van der Waals surface area contributed by atoms with Crippen molar-refractivity contribution < 1.29 is 24.4 Å². The molecule has 3 aliphatic rings. The summed E-state index contributed by atoms with van der Waals surface area (Å²) in [5.74, 6) is -1.41. The molecule has 0 saturated carbocycles. The molecule has 1 spiro atoms. The molecule has 3 rings (SSSR count). The summed E-state index contributed by atoms with van der Waals surface area (Å²) in [4.78, 5) is 17.2. The predicted octanol–water partition coefficient (Wildman–Crippen LogP) is 2.21. The zero-order chi connectivity index (χ0) is 14.3. The quantitative estimate of drug-likeness (QED) is 0.448. The van der Waals surface area contributed by atoms with Gasteiger partial charge in [0.15, 0.2) is 17.0 Å². The van der Waals surface area contributed by atoms with Gasteiger partial charge in [-0.25, -0.2) is 5.26 Å². The lowest BCUT2D eigenvalue weighted by atomic mass is 9.67. The standard InChI is InChI=1S/C14H20O5/c1-8-9(2)14(19-16)13(7-6-11(3,4)17-14)12(5,18-13)10(8)15/h16H,6-7H2,1-5H3. The monoisotopic (exact) mass is 268 g/mol. The zero-order valence-corrected chi connectivity index (χ0v) is 12.0. The summed E-state index contributed by atoms with van der Waals surface area (Å²) >= 11 is 0. The van der Waals surface area contributed by atoms with E-state index in [2.05, 4.69) is 0 Å². The van der Waals surface area contributed by atoms with Gasteiger partial charge >= 0.3 is 0 Å². The van der Waals surface area contributed by atoms with Gasteiger partial charge < -0.3 is 9.47 Å². The van der Waals surface area contributed by atoms with Crippen LogP contribution in [0.3, 0.4) is 0 Å². The van der Waals surface area contributed by atoms with Crippen molar-refractivity contribution in [3.8, 4) is 0 Å². The molecule has 2 heterocycles. The Balaban J connectivity index is 2.22. The minimum absolute atomic E-state index is 0.0408. The fourth-order valence-electron chi connectivity index (χ4n) is 3.70. The largest absolute Gasteiger partial charge is 0.348 e. The predicted molar refractivity (Wildman–Crippen MR) is 66.4 cm³/mol. The van der Waals surface area contributed by atoms with Crippen molar-refractivity contribution in [3.05, 3.63) is 11.1 Å². The maximum atomic E-state index is 12.4. The Labute approximate surface area is 112 Å². The number of epoxide rings is 1. The van der Waals surface area contributed by atoms with Crippen LogP contribution < -0.4 is 0 Å². The lowest BCUT2D eigenvalue weighted by Crippen LogP contribution is -2.64. The number of Topliss-reactive ketones (excluding diaryl/α,β-unsaturated/α-hetero) is 1. The second kappa shape index (κ2) is 3.28. The summed E-state index contributed by atoms with van der Waals surface area (Å²) < 4.78 is 11.8. The van der Waals surface area contributed by atoms with Crippen LogP contribution in [0.4, 0.5) is 0 Å². The Kier molecular flexibility index (Phi) is 2.29. The van der Waals surface area contributed by atoms with E-state index < -0.39 is 22.6 Å². The number of hydrogen-bond acceptors (Lipinski definition) is 5. The van der Waals surface area contributed by atoms with Crippen molar-refractivity contribution >= 4 is 5.78 Å². The molecule has 1 N–H and O–H groups in total. The number of carbonyl (C=O) groups excluding carboxylic acids is 1. The van der Waals surface area contributed by atoms with Crippen LogP contribution in [-0.2, 0) is 19.2 Å². The van der Waals surface area contributed by atoms with Gasteiger partial charge in [0, 0.05) is 0 Å². The van der Waals surface area contributed by atoms with Gasteiger partial charge in [-0.2, -0.15) is 4.89 Å². The summed E-state index contributed by atoms with van der Waals surface area (Å²) in [6, 6.07) is 0. The summed E-state index contributed by atoms with van der Waals surface area (Å²) in [5.41, 5.74) is -1.14. The molecule has 0 aromatic rings. The Morgan fingerprint density at radius 1 is 1.16 bits per heavy atom. The first-order chi connectivity index (χ1) is 8.66. The van der Waals surface area contributed by atoms with Crippen LogP contribution in [0.15, 0.2) is 11.1 Å². The maximum absolute atomic E-state index is 12.4. The molecule has 1 aliphatic carbocycles. The zero-order valence-electron chi connectivity index (χ0n) is 12.0. The Morgan fingerprint density at radius 3 is 2.37 bits per heavy atom. The van der Waals surface area contributed by atoms with E-state index in [1.807, 2.05) is 13.8 Å². The molecule has 3 atom stereocenters. The number of ether oxygens (including phenoxy) is 2. The van der Waals surface area contributed by atoms with Gasteiger partial charge in [-0.1, -0.05) is 0 Å². The number of hydrogen-bond donors (Lipinski definition) is 1. The molecule has 3 unspecified atom stereocenters. The molecule has 0 amide bonds. The van der Waals surface area contributed by atoms with Crippen molar-refractivity contribution in [1.29, 1.82) is 0 Å². The second-order valence-electron chi connectivity index (χ2n) is 6.61. The maximum Gasteiger partial charge on any atom is 0.257 e. The summed E-state index contributed by atoms with van der Waals surface area (Å²) in [6.45, 7) is 9.12. The Bertz CT molecular complexity index is 508. The highest BCUT2D eigenvalue weighted by atomic mass is 17.2. The fraction of sp³-hybridized carbons (Fsp3) is 0.786. The normalized spacial score (nSPS) is 47.8. The van der Waals surface area contributed by atoms with Crippen LogP contribution in [0.5, 0.6) is 0 Å². The first kappa shape index (κ1) is 13.2. The van der Waals surface area contributed by atoms with Crippen LogP contribution >= 0.6 is 0 Å².